The predicted octanol–water partition coefficient (Wildman–Crippen LogP) is 3.69. The van der Waals surface area contributed by atoms with Gasteiger partial charge in [0.25, 0.3) is 0 Å². The van der Waals surface area contributed by atoms with Crippen molar-refractivity contribution in [2.24, 2.45) is 0 Å². The lowest BCUT2D eigenvalue weighted by Gasteiger charge is -2.22. The lowest BCUT2D eigenvalue weighted by atomic mass is 9.95. The number of hydrogen-bond acceptors (Lipinski definition) is 4. The molecule has 5 heteroatoms. The highest BCUT2D eigenvalue weighted by Gasteiger charge is 2.15. The number of amides is 1. The molecule has 0 aromatic heterocycles. The molecule has 1 aromatic carbocycles. The van der Waals surface area contributed by atoms with Gasteiger partial charge in [0, 0.05) is 11.8 Å². The molecule has 0 spiro atoms. The first-order valence-corrected chi connectivity index (χ1v) is 9.38. The van der Waals surface area contributed by atoms with Gasteiger partial charge in [0.2, 0.25) is 5.91 Å². The molecule has 4 nitrogen and oxygen atoms in total. The van der Waals surface area contributed by atoms with Crippen molar-refractivity contribution < 1.29 is 14.3 Å². The Bertz CT molecular complexity index is 527. The van der Waals surface area contributed by atoms with Crippen LogP contribution in [0.25, 0.3) is 0 Å². The van der Waals surface area contributed by atoms with Crippen molar-refractivity contribution in [2.75, 3.05) is 20.0 Å². The standard InChI is InChI=1S/C18H27NO3S/c1-13-9-16(21-2)17(22-3)10-14(13)11-23-12-18(20)19-15-7-5-4-6-8-15/h9-10,15H,4-8,11-12H2,1-3H3,(H,19,20). The Morgan fingerprint density at radius 1 is 1.17 bits per heavy atom. The average molecular weight is 337 g/mol. The topological polar surface area (TPSA) is 47.6 Å². The maximum atomic E-state index is 12.0. The van der Waals surface area contributed by atoms with E-state index in [1.807, 2.05) is 12.1 Å². The van der Waals surface area contributed by atoms with Gasteiger partial charge in [0.1, 0.15) is 0 Å². The second kappa shape index (κ2) is 9.06. The summed E-state index contributed by atoms with van der Waals surface area (Å²) < 4.78 is 10.6. The molecule has 0 aliphatic heterocycles. The van der Waals surface area contributed by atoms with Crippen LogP contribution in [0.5, 0.6) is 11.5 Å². The Morgan fingerprint density at radius 3 is 2.48 bits per heavy atom. The molecule has 1 aliphatic rings. The van der Waals surface area contributed by atoms with Crippen LogP contribution in [0.2, 0.25) is 0 Å². The van der Waals surface area contributed by atoms with Gasteiger partial charge in [0.15, 0.2) is 11.5 Å². The van der Waals surface area contributed by atoms with Gasteiger partial charge in [-0.1, -0.05) is 19.3 Å². The van der Waals surface area contributed by atoms with Crippen LogP contribution in [0.3, 0.4) is 0 Å². The van der Waals surface area contributed by atoms with Crippen LogP contribution in [0.4, 0.5) is 0 Å². The average Bonchev–Trinajstić information content (AvgIpc) is 2.56. The van der Waals surface area contributed by atoms with Crippen molar-refractivity contribution in [1.29, 1.82) is 0 Å². The van der Waals surface area contributed by atoms with Gasteiger partial charge in [-0.05, 0) is 43.0 Å². The number of thioether (sulfide) groups is 1. The zero-order valence-corrected chi connectivity index (χ0v) is 15.1. The summed E-state index contributed by atoms with van der Waals surface area (Å²) in [5, 5.41) is 3.16. The summed E-state index contributed by atoms with van der Waals surface area (Å²) >= 11 is 1.64. The van der Waals surface area contributed by atoms with Crippen molar-refractivity contribution in [3.8, 4) is 11.5 Å². The summed E-state index contributed by atoms with van der Waals surface area (Å²) in [5.41, 5.74) is 2.33. The first-order valence-electron chi connectivity index (χ1n) is 8.22. The van der Waals surface area contributed by atoms with Crippen molar-refractivity contribution >= 4 is 17.7 Å². The third kappa shape index (κ3) is 5.34. The van der Waals surface area contributed by atoms with Crippen LogP contribution in [0.15, 0.2) is 12.1 Å². The molecule has 0 radical (unpaired) electrons. The molecule has 1 saturated carbocycles. The van der Waals surface area contributed by atoms with Crippen LogP contribution in [0, 0.1) is 6.92 Å². The number of ether oxygens (including phenoxy) is 2. The summed E-state index contributed by atoms with van der Waals surface area (Å²) in [6, 6.07) is 4.37. The van der Waals surface area contributed by atoms with E-state index in [1.54, 1.807) is 26.0 Å². The molecule has 0 heterocycles. The highest BCUT2D eigenvalue weighted by atomic mass is 32.2. The number of rotatable bonds is 7. The van der Waals surface area contributed by atoms with Gasteiger partial charge in [-0.3, -0.25) is 4.79 Å². The molecule has 0 unspecified atom stereocenters. The Hall–Kier alpha value is -1.36. The molecule has 1 N–H and O–H groups in total. The number of benzene rings is 1. The Kier molecular flexibility index (Phi) is 7.09. The van der Waals surface area contributed by atoms with E-state index in [0.29, 0.717) is 11.8 Å². The van der Waals surface area contributed by atoms with Gasteiger partial charge >= 0.3 is 0 Å². The first kappa shape index (κ1) is 18.0. The molecule has 0 atom stereocenters. The number of carbonyl (C=O) groups is 1. The van der Waals surface area contributed by atoms with Crippen molar-refractivity contribution in [1.82, 2.24) is 5.32 Å². The third-order valence-corrected chi connectivity index (χ3v) is 5.28. The Morgan fingerprint density at radius 2 is 1.83 bits per heavy atom. The minimum Gasteiger partial charge on any atom is -0.493 e. The van der Waals surface area contributed by atoms with Gasteiger partial charge < -0.3 is 14.8 Å². The number of carbonyl (C=O) groups excluding carboxylic acids is 1. The Balaban J connectivity index is 1.82. The summed E-state index contributed by atoms with van der Waals surface area (Å²) in [7, 11) is 3.28. The zero-order chi connectivity index (χ0) is 16.7. The maximum absolute atomic E-state index is 12.0. The molecule has 0 bridgehead atoms. The molecule has 128 valence electrons. The van der Waals surface area contributed by atoms with Crippen LogP contribution in [-0.2, 0) is 10.5 Å². The summed E-state index contributed by atoms with van der Waals surface area (Å²) in [4.78, 5) is 12.0. The van der Waals surface area contributed by atoms with E-state index >= 15 is 0 Å². The molecule has 1 aliphatic carbocycles. The van der Waals surface area contributed by atoms with Gasteiger partial charge in [-0.25, -0.2) is 0 Å². The highest BCUT2D eigenvalue weighted by molar-refractivity contribution is 7.99. The fourth-order valence-corrected chi connectivity index (χ4v) is 3.85. The van der Waals surface area contributed by atoms with E-state index in [0.717, 1.165) is 35.7 Å². The summed E-state index contributed by atoms with van der Waals surface area (Å²) in [5.74, 6) is 2.93. The van der Waals surface area contributed by atoms with E-state index in [-0.39, 0.29) is 5.91 Å². The van der Waals surface area contributed by atoms with Gasteiger partial charge in [-0.2, -0.15) is 0 Å². The van der Waals surface area contributed by atoms with E-state index in [4.69, 9.17) is 9.47 Å². The molecule has 2 rings (SSSR count). The normalized spacial score (nSPS) is 15.3. The fourth-order valence-electron chi connectivity index (χ4n) is 2.95. The van der Waals surface area contributed by atoms with Crippen molar-refractivity contribution in [2.45, 2.75) is 50.8 Å². The molecule has 1 aromatic rings. The predicted molar refractivity (Wildman–Crippen MR) is 95.5 cm³/mol. The molecule has 1 fully saturated rings. The Labute approximate surface area is 143 Å². The van der Waals surface area contributed by atoms with Crippen molar-refractivity contribution in [3.05, 3.63) is 23.3 Å². The minimum absolute atomic E-state index is 0.153. The largest absolute Gasteiger partial charge is 0.493 e. The number of hydrogen-bond donors (Lipinski definition) is 1. The smallest absolute Gasteiger partial charge is 0.230 e. The lowest BCUT2D eigenvalue weighted by molar-refractivity contribution is -0.119. The van der Waals surface area contributed by atoms with E-state index in [1.165, 1.54) is 24.8 Å². The first-order chi connectivity index (χ1) is 11.1. The zero-order valence-electron chi connectivity index (χ0n) is 14.3. The number of nitrogens with one attached hydrogen (secondary N) is 1. The lowest BCUT2D eigenvalue weighted by Crippen LogP contribution is -2.37. The molecule has 23 heavy (non-hydrogen) atoms. The monoisotopic (exact) mass is 337 g/mol. The number of aryl methyl sites for hydroxylation is 1. The van der Waals surface area contributed by atoms with E-state index in [9.17, 15) is 4.79 Å². The fraction of sp³-hybridized carbons (Fsp3) is 0.611. The molecule has 0 saturated heterocycles. The highest BCUT2D eigenvalue weighted by Crippen LogP contribution is 2.31. The van der Waals surface area contributed by atoms with E-state index in [2.05, 4.69) is 12.2 Å². The molecular weight excluding hydrogens is 310 g/mol. The maximum Gasteiger partial charge on any atom is 0.230 e. The molecule has 1 amide bonds. The minimum atomic E-state index is 0.153. The van der Waals surface area contributed by atoms with E-state index < -0.39 is 0 Å². The van der Waals surface area contributed by atoms with Crippen LogP contribution in [-0.4, -0.2) is 31.9 Å². The van der Waals surface area contributed by atoms with Crippen LogP contribution < -0.4 is 14.8 Å². The SMILES string of the molecule is COc1cc(C)c(CSCC(=O)NC2CCCCC2)cc1OC. The second-order valence-electron chi connectivity index (χ2n) is 6.03. The summed E-state index contributed by atoms with van der Waals surface area (Å²) in [6.07, 6.45) is 6.04. The van der Waals surface area contributed by atoms with Gasteiger partial charge in [0.05, 0.1) is 20.0 Å². The molecular formula is C18H27NO3S. The van der Waals surface area contributed by atoms with Crippen LogP contribution >= 0.6 is 11.8 Å². The summed E-state index contributed by atoms with van der Waals surface area (Å²) in [6.45, 7) is 2.06. The number of methoxy groups -OCH3 is 2. The quantitative estimate of drug-likeness (QED) is 0.824. The van der Waals surface area contributed by atoms with Crippen LogP contribution in [0.1, 0.15) is 43.2 Å². The third-order valence-electron chi connectivity index (χ3n) is 4.30. The second-order valence-corrected chi connectivity index (χ2v) is 7.01. The van der Waals surface area contributed by atoms with Crippen molar-refractivity contribution in [3.63, 3.8) is 0 Å². The van der Waals surface area contributed by atoms with Gasteiger partial charge in [-0.15, -0.1) is 11.8 Å².